The number of amides is 1. The van der Waals surface area contributed by atoms with Crippen LogP contribution in [0.2, 0.25) is 0 Å². The molecule has 0 aromatic heterocycles. The number of carbonyl (C=O) groups is 2. The van der Waals surface area contributed by atoms with Crippen LogP contribution in [0.5, 0.6) is 0 Å². The van der Waals surface area contributed by atoms with Crippen LogP contribution in [0.15, 0.2) is 0 Å². The molecule has 0 saturated carbocycles. The van der Waals surface area contributed by atoms with Gasteiger partial charge in [-0.3, -0.25) is 4.79 Å². The summed E-state index contributed by atoms with van der Waals surface area (Å²) in [5.41, 5.74) is 0. The highest BCUT2D eigenvalue weighted by molar-refractivity contribution is 5.84. The van der Waals surface area contributed by atoms with Gasteiger partial charge in [-0.15, -0.1) is 0 Å². The average Bonchev–Trinajstić information content (AvgIpc) is 2.46. The van der Waals surface area contributed by atoms with Crippen LogP contribution in [-0.2, 0) is 9.59 Å². The van der Waals surface area contributed by atoms with Crippen LogP contribution in [0.4, 0.5) is 0 Å². The van der Waals surface area contributed by atoms with Crippen LogP contribution < -0.4 is 5.32 Å². The number of likely N-dealkylation sites (N-methyl/N-ethyl adjacent to an activating group) is 2. The van der Waals surface area contributed by atoms with Gasteiger partial charge in [-0.05, 0) is 51.5 Å². The maximum atomic E-state index is 12.5. The van der Waals surface area contributed by atoms with E-state index in [0.29, 0.717) is 12.3 Å². The van der Waals surface area contributed by atoms with Gasteiger partial charge >= 0.3 is 0 Å². The lowest BCUT2D eigenvalue weighted by Gasteiger charge is -2.30. The Balaban J connectivity index is 4.64. The Bertz CT molecular complexity index is 332. The zero-order valence-corrected chi connectivity index (χ0v) is 15.0. The first-order valence-electron chi connectivity index (χ1n) is 8.30. The Morgan fingerprint density at radius 2 is 1.77 bits per heavy atom. The SMILES string of the molecule is CN[C@@H](CC(C)C)C(=O)N(C)[C@H](C=O)CC(C)CCC(C)O. The molecule has 2 N–H and O–H groups in total. The molecule has 2 unspecified atom stereocenters. The fourth-order valence-corrected chi connectivity index (χ4v) is 2.58. The van der Waals surface area contributed by atoms with E-state index >= 15 is 0 Å². The minimum atomic E-state index is -0.403. The second-order valence-corrected chi connectivity index (χ2v) is 6.89. The second kappa shape index (κ2) is 10.7. The van der Waals surface area contributed by atoms with Crippen LogP contribution in [-0.4, -0.2) is 54.5 Å². The fourth-order valence-electron chi connectivity index (χ4n) is 2.58. The van der Waals surface area contributed by atoms with Crippen molar-refractivity contribution in [2.45, 2.75) is 71.6 Å². The van der Waals surface area contributed by atoms with Crippen molar-refractivity contribution in [1.82, 2.24) is 10.2 Å². The zero-order valence-electron chi connectivity index (χ0n) is 15.0. The maximum Gasteiger partial charge on any atom is 0.240 e. The molecule has 0 rings (SSSR count). The third-order valence-corrected chi connectivity index (χ3v) is 4.08. The third kappa shape index (κ3) is 7.90. The van der Waals surface area contributed by atoms with E-state index in [1.165, 1.54) is 0 Å². The van der Waals surface area contributed by atoms with Crippen molar-refractivity contribution in [3.05, 3.63) is 0 Å². The van der Waals surface area contributed by atoms with E-state index < -0.39 is 6.04 Å². The van der Waals surface area contributed by atoms with Gasteiger partial charge < -0.3 is 20.1 Å². The van der Waals surface area contributed by atoms with Gasteiger partial charge in [0.2, 0.25) is 5.91 Å². The zero-order chi connectivity index (χ0) is 17.3. The van der Waals surface area contributed by atoms with Gasteiger partial charge in [0.15, 0.2) is 0 Å². The van der Waals surface area contributed by atoms with Gasteiger partial charge in [0.1, 0.15) is 6.29 Å². The van der Waals surface area contributed by atoms with Crippen molar-refractivity contribution in [3.63, 3.8) is 0 Å². The third-order valence-electron chi connectivity index (χ3n) is 4.08. The van der Waals surface area contributed by atoms with Crippen molar-refractivity contribution >= 4 is 12.2 Å². The highest BCUT2D eigenvalue weighted by Gasteiger charge is 2.27. The van der Waals surface area contributed by atoms with Crippen molar-refractivity contribution < 1.29 is 14.7 Å². The molecule has 1 amide bonds. The van der Waals surface area contributed by atoms with Crippen molar-refractivity contribution in [3.8, 4) is 0 Å². The van der Waals surface area contributed by atoms with E-state index in [9.17, 15) is 14.7 Å². The van der Waals surface area contributed by atoms with E-state index in [4.69, 9.17) is 0 Å². The van der Waals surface area contributed by atoms with Crippen LogP contribution >= 0.6 is 0 Å². The number of carbonyl (C=O) groups excluding carboxylic acids is 2. The molecule has 0 bridgehead atoms. The van der Waals surface area contributed by atoms with Gasteiger partial charge in [0.25, 0.3) is 0 Å². The van der Waals surface area contributed by atoms with Gasteiger partial charge in [0.05, 0.1) is 18.2 Å². The minimum absolute atomic E-state index is 0.0315. The molecule has 22 heavy (non-hydrogen) atoms. The number of aldehydes is 1. The number of aliphatic hydroxyl groups is 1. The molecule has 0 spiro atoms. The number of nitrogens with zero attached hydrogens (tertiary/aromatic N) is 1. The van der Waals surface area contributed by atoms with Crippen molar-refractivity contribution in [2.75, 3.05) is 14.1 Å². The summed E-state index contributed by atoms with van der Waals surface area (Å²) in [6.07, 6.45) is 3.50. The van der Waals surface area contributed by atoms with E-state index in [0.717, 1.165) is 25.5 Å². The van der Waals surface area contributed by atoms with E-state index in [-0.39, 0.29) is 24.0 Å². The summed E-state index contributed by atoms with van der Waals surface area (Å²) in [7, 11) is 3.48. The molecular weight excluding hydrogens is 280 g/mol. The molecule has 0 fully saturated rings. The van der Waals surface area contributed by atoms with Crippen molar-refractivity contribution in [2.24, 2.45) is 11.8 Å². The molecule has 0 radical (unpaired) electrons. The molecule has 0 aliphatic carbocycles. The molecule has 130 valence electrons. The largest absolute Gasteiger partial charge is 0.393 e. The maximum absolute atomic E-state index is 12.5. The van der Waals surface area contributed by atoms with Crippen LogP contribution in [0.1, 0.15) is 53.4 Å². The average molecular weight is 314 g/mol. The number of rotatable bonds is 11. The van der Waals surface area contributed by atoms with Gasteiger partial charge in [-0.1, -0.05) is 20.8 Å². The predicted octanol–water partition coefficient (Wildman–Crippen LogP) is 1.83. The second-order valence-electron chi connectivity index (χ2n) is 6.89. The van der Waals surface area contributed by atoms with Gasteiger partial charge in [-0.2, -0.15) is 0 Å². The van der Waals surface area contributed by atoms with E-state index in [1.807, 2.05) is 0 Å². The molecule has 0 saturated heterocycles. The first-order valence-corrected chi connectivity index (χ1v) is 8.30. The first-order chi connectivity index (χ1) is 10.2. The number of hydrogen-bond donors (Lipinski definition) is 2. The quantitative estimate of drug-likeness (QED) is 0.571. The lowest BCUT2D eigenvalue weighted by Crippen LogP contribution is -2.49. The normalized spacial score (nSPS) is 16.9. The molecule has 0 aliphatic rings. The van der Waals surface area contributed by atoms with Crippen LogP contribution in [0.25, 0.3) is 0 Å². The lowest BCUT2D eigenvalue weighted by atomic mass is 9.95. The lowest BCUT2D eigenvalue weighted by molar-refractivity contribution is -0.137. The Labute approximate surface area is 135 Å². The molecule has 0 aromatic carbocycles. The summed E-state index contributed by atoms with van der Waals surface area (Å²) in [5.74, 6) is 0.670. The van der Waals surface area contributed by atoms with Crippen molar-refractivity contribution in [1.29, 1.82) is 0 Å². The minimum Gasteiger partial charge on any atom is -0.393 e. The Morgan fingerprint density at radius 1 is 1.18 bits per heavy atom. The molecule has 0 aliphatic heterocycles. The standard InChI is InChI=1S/C17H34N2O3/c1-12(2)9-16(18-5)17(22)19(6)15(11-20)10-13(3)7-8-14(4)21/h11-16,18,21H,7-10H2,1-6H3/t13?,14?,15-,16-/m0/s1. The summed E-state index contributed by atoms with van der Waals surface area (Å²) in [6.45, 7) is 7.98. The van der Waals surface area contributed by atoms with E-state index in [2.05, 4.69) is 26.1 Å². The summed E-state index contributed by atoms with van der Waals surface area (Å²) >= 11 is 0. The van der Waals surface area contributed by atoms with Gasteiger partial charge in [-0.25, -0.2) is 0 Å². The Kier molecular flexibility index (Phi) is 10.3. The summed E-state index contributed by atoms with van der Waals surface area (Å²) in [4.78, 5) is 25.5. The first kappa shape index (κ1) is 21.1. The summed E-state index contributed by atoms with van der Waals surface area (Å²) in [5, 5.41) is 12.4. The number of nitrogens with one attached hydrogen (secondary N) is 1. The fraction of sp³-hybridized carbons (Fsp3) is 0.882. The summed E-state index contributed by atoms with van der Waals surface area (Å²) in [6, 6.07) is -0.653. The smallest absolute Gasteiger partial charge is 0.240 e. The van der Waals surface area contributed by atoms with E-state index in [1.54, 1.807) is 25.9 Å². The molecule has 0 aromatic rings. The van der Waals surface area contributed by atoms with Gasteiger partial charge in [0, 0.05) is 7.05 Å². The molecule has 5 nitrogen and oxygen atoms in total. The highest BCUT2D eigenvalue weighted by Crippen LogP contribution is 2.17. The molecule has 0 heterocycles. The Morgan fingerprint density at radius 3 is 2.18 bits per heavy atom. The summed E-state index contributed by atoms with van der Waals surface area (Å²) < 4.78 is 0. The topological polar surface area (TPSA) is 69.6 Å². The van der Waals surface area contributed by atoms with Crippen LogP contribution in [0.3, 0.4) is 0 Å². The molecule has 4 atom stereocenters. The van der Waals surface area contributed by atoms with Crippen LogP contribution in [0, 0.1) is 11.8 Å². The Hall–Kier alpha value is -0.940. The number of hydrogen-bond acceptors (Lipinski definition) is 4. The number of aliphatic hydroxyl groups excluding tert-OH is 1. The highest BCUT2D eigenvalue weighted by atomic mass is 16.3. The predicted molar refractivity (Wildman–Crippen MR) is 89.6 cm³/mol. The molecule has 5 heteroatoms. The monoisotopic (exact) mass is 314 g/mol. The molecular formula is C17H34N2O3.